The van der Waals surface area contributed by atoms with E-state index >= 15 is 0 Å². The maximum absolute atomic E-state index is 11.2. The van der Waals surface area contributed by atoms with Crippen LogP contribution >= 0.6 is 0 Å². The number of hydrogen-bond donors (Lipinski definition) is 1. The zero-order valence-corrected chi connectivity index (χ0v) is 10.5. The Bertz CT molecular complexity index is 333. The van der Waals surface area contributed by atoms with Crippen LogP contribution in [-0.2, 0) is 18.9 Å². The molecule has 1 rings (SSSR count). The second-order valence-electron chi connectivity index (χ2n) is 3.39. The average Bonchev–Trinajstić information content (AvgIpc) is 2.32. The molecule has 1 atom stereocenters. The van der Waals surface area contributed by atoms with Crippen LogP contribution in [0.25, 0.3) is 0 Å². The van der Waals surface area contributed by atoms with E-state index in [1.165, 1.54) is 0 Å². The third-order valence-corrected chi connectivity index (χ3v) is 2.09. The fourth-order valence-corrected chi connectivity index (χ4v) is 1.36. The molecular formula is C12H18O6. The van der Waals surface area contributed by atoms with E-state index in [9.17, 15) is 9.90 Å². The van der Waals surface area contributed by atoms with Crippen molar-refractivity contribution in [3.8, 4) is 0 Å². The molecule has 6 nitrogen and oxygen atoms in total. The standard InChI is InChI=1S/C12H18O6/c1-3-15-11(13)17-9-7-5-6-8-10(9)18-12(14)16-4-2/h5,7,12,14H,3-4,6,8H2,1-2H3/t12-/m0/s1. The van der Waals surface area contributed by atoms with E-state index in [4.69, 9.17) is 14.2 Å². The average molecular weight is 258 g/mol. The first-order valence-corrected chi connectivity index (χ1v) is 5.88. The number of hydrogen-bond acceptors (Lipinski definition) is 6. The summed E-state index contributed by atoms with van der Waals surface area (Å²) in [6.45, 7) is 2.60. The molecule has 0 saturated heterocycles. The Hall–Kier alpha value is -1.53. The summed E-state index contributed by atoms with van der Waals surface area (Å²) in [6, 6.07) is 0. The maximum atomic E-state index is 11.2. The Morgan fingerprint density at radius 3 is 2.89 bits per heavy atom. The van der Waals surface area contributed by atoms with Crippen molar-refractivity contribution in [1.82, 2.24) is 0 Å². The van der Waals surface area contributed by atoms with E-state index in [-0.39, 0.29) is 12.4 Å². The molecule has 102 valence electrons. The Labute approximate surface area is 106 Å². The molecule has 0 fully saturated rings. The fraction of sp³-hybridized carbons (Fsp3) is 0.583. The SMILES string of the molecule is CCOC(=O)OC1=C(O[C@@H](O)OCC)CCC=C1. The van der Waals surface area contributed by atoms with E-state index in [0.29, 0.717) is 18.8 Å². The third-order valence-electron chi connectivity index (χ3n) is 2.09. The zero-order valence-electron chi connectivity index (χ0n) is 10.5. The topological polar surface area (TPSA) is 74.2 Å². The van der Waals surface area contributed by atoms with E-state index in [1.54, 1.807) is 19.9 Å². The van der Waals surface area contributed by atoms with Gasteiger partial charge in [-0.3, -0.25) is 0 Å². The Morgan fingerprint density at radius 2 is 2.22 bits per heavy atom. The molecule has 0 saturated carbocycles. The van der Waals surface area contributed by atoms with Gasteiger partial charge in [0, 0.05) is 6.42 Å². The molecule has 0 aromatic heterocycles. The Balaban J connectivity index is 2.64. The van der Waals surface area contributed by atoms with Crippen molar-refractivity contribution in [3.63, 3.8) is 0 Å². The molecule has 0 aliphatic heterocycles. The summed E-state index contributed by atoms with van der Waals surface area (Å²) >= 11 is 0. The van der Waals surface area contributed by atoms with Gasteiger partial charge >= 0.3 is 12.6 Å². The summed E-state index contributed by atoms with van der Waals surface area (Å²) in [4.78, 5) is 11.2. The smallest absolute Gasteiger partial charge is 0.442 e. The molecule has 0 aromatic rings. The molecule has 0 bridgehead atoms. The van der Waals surface area contributed by atoms with Crippen LogP contribution in [0.2, 0.25) is 0 Å². The molecule has 0 spiro atoms. The maximum Gasteiger partial charge on any atom is 0.513 e. The summed E-state index contributed by atoms with van der Waals surface area (Å²) in [7, 11) is 0. The highest BCUT2D eigenvalue weighted by Gasteiger charge is 2.18. The van der Waals surface area contributed by atoms with Crippen molar-refractivity contribution in [3.05, 3.63) is 23.7 Å². The van der Waals surface area contributed by atoms with E-state index < -0.39 is 12.6 Å². The van der Waals surface area contributed by atoms with Crippen molar-refractivity contribution in [2.24, 2.45) is 0 Å². The van der Waals surface area contributed by atoms with Gasteiger partial charge in [0.25, 0.3) is 0 Å². The molecule has 1 N–H and O–H groups in total. The Morgan fingerprint density at radius 1 is 1.44 bits per heavy atom. The minimum Gasteiger partial charge on any atom is -0.442 e. The first-order valence-electron chi connectivity index (χ1n) is 5.88. The molecule has 0 unspecified atom stereocenters. The van der Waals surface area contributed by atoms with Gasteiger partial charge in [0.2, 0.25) is 0 Å². The number of carbonyl (C=O) groups excluding carboxylic acids is 1. The number of aliphatic hydroxyl groups excluding tert-OH is 1. The number of rotatable bonds is 6. The van der Waals surface area contributed by atoms with Crippen LogP contribution in [0.4, 0.5) is 4.79 Å². The minimum atomic E-state index is -1.36. The predicted molar refractivity (Wildman–Crippen MR) is 62.2 cm³/mol. The summed E-state index contributed by atoms with van der Waals surface area (Å²) in [5, 5.41) is 9.38. The molecule has 0 amide bonds. The lowest BCUT2D eigenvalue weighted by atomic mass is 10.1. The zero-order chi connectivity index (χ0) is 13.4. The summed E-state index contributed by atoms with van der Waals surface area (Å²) in [5.41, 5.74) is 0. The van der Waals surface area contributed by atoms with Crippen LogP contribution in [0.3, 0.4) is 0 Å². The first kappa shape index (κ1) is 14.5. The van der Waals surface area contributed by atoms with Crippen LogP contribution in [0.15, 0.2) is 23.7 Å². The van der Waals surface area contributed by atoms with Gasteiger partial charge in [-0.05, 0) is 26.3 Å². The predicted octanol–water partition coefficient (Wildman–Crippen LogP) is 2.05. The fourth-order valence-electron chi connectivity index (χ4n) is 1.36. The van der Waals surface area contributed by atoms with Crippen LogP contribution in [0.5, 0.6) is 0 Å². The largest absolute Gasteiger partial charge is 0.513 e. The second-order valence-corrected chi connectivity index (χ2v) is 3.39. The first-order chi connectivity index (χ1) is 8.67. The van der Waals surface area contributed by atoms with Gasteiger partial charge in [0.1, 0.15) is 5.76 Å². The molecule has 0 radical (unpaired) electrons. The summed E-state index contributed by atoms with van der Waals surface area (Å²) < 4.78 is 19.6. The van der Waals surface area contributed by atoms with Crippen LogP contribution in [0.1, 0.15) is 26.7 Å². The van der Waals surface area contributed by atoms with Crippen molar-refractivity contribution < 1.29 is 28.8 Å². The summed E-state index contributed by atoms with van der Waals surface area (Å²) in [5.74, 6) is 0.602. The van der Waals surface area contributed by atoms with E-state index in [0.717, 1.165) is 6.42 Å². The number of ether oxygens (including phenoxy) is 4. The lowest BCUT2D eigenvalue weighted by molar-refractivity contribution is -0.244. The quantitative estimate of drug-likeness (QED) is 0.580. The molecule has 18 heavy (non-hydrogen) atoms. The van der Waals surface area contributed by atoms with Crippen molar-refractivity contribution >= 4 is 6.16 Å². The highest BCUT2D eigenvalue weighted by molar-refractivity contribution is 5.62. The monoisotopic (exact) mass is 258 g/mol. The highest BCUT2D eigenvalue weighted by Crippen LogP contribution is 2.22. The summed E-state index contributed by atoms with van der Waals surface area (Å²) in [6.07, 6.45) is 3.91. The molecule has 0 aromatic carbocycles. The van der Waals surface area contributed by atoms with Crippen LogP contribution < -0.4 is 0 Å². The van der Waals surface area contributed by atoms with Crippen molar-refractivity contribution in [2.75, 3.05) is 13.2 Å². The highest BCUT2D eigenvalue weighted by atomic mass is 16.8. The van der Waals surface area contributed by atoms with E-state index in [2.05, 4.69) is 4.74 Å². The van der Waals surface area contributed by atoms with E-state index in [1.807, 2.05) is 6.08 Å². The van der Waals surface area contributed by atoms with Crippen LogP contribution in [0, 0.1) is 0 Å². The molecule has 0 heterocycles. The van der Waals surface area contributed by atoms with Gasteiger partial charge < -0.3 is 24.1 Å². The van der Waals surface area contributed by atoms with Gasteiger partial charge in [-0.1, -0.05) is 6.08 Å². The number of carbonyl (C=O) groups is 1. The Kier molecular flexibility index (Phi) is 6.24. The van der Waals surface area contributed by atoms with Gasteiger partial charge in [-0.15, -0.1) is 0 Å². The molecular weight excluding hydrogens is 240 g/mol. The van der Waals surface area contributed by atoms with Gasteiger partial charge in [-0.2, -0.15) is 0 Å². The third kappa shape index (κ3) is 4.77. The normalized spacial score (nSPS) is 16.4. The van der Waals surface area contributed by atoms with Crippen molar-refractivity contribution in [1.29, 1.82) is 0 Å². The molecule has 1 aliphatic rings. The molecule has 1 aliphatic carbocycles. The van der Waals surface area contributed by atoms with Crippen LogP contribution in [-0.4, -0.2) is 31.0 Å². The minimum absolute atomic E-state index is 0.230. The van der Waals surface area contributed by atoms with Gasteiger partial charge in [0.05, 0.1) is 13.2 Å². The number of allylic oxidation sites excluding steroid dienone is 3. The second kappa shape index (κ2) is 7.73. The lowest BCUT2D eigenvalue weighted by Crippen LogP contribution is -2.18. The lowest BCUT2D eigenvalue weighted by Gasteiger charge is -2.19. The van der Waals surface area contributed by atoms with Crippen molar-refractivity contribution in [2.45, 2.75) is 33.2 Å². The number of aliphatic hydroxyl groups is 1. The van der Waals surface area contributed by atoms with Gasteiger partial charge in [0.15, 0.2) is 5.76 Å². The van der Waals surface area contributed by atoms with Gasteiger partial charge in [-0.25, -0.2) is 4.79 Å². The molecule has 6 heteroatoms.